The number of hydrogen-bond acceptors (Lipinski definition) is 3. The molecule has 0 spiro atoms. The van der Waals surface area contributed by atoms with Crippen LogP contribution in [0, 0.1) is 0 Å². The van der Waals surface area contributed by atoms with Crippen LogP contribution in [0.4, 0.5) is 0 Å². The first-order chi connectivity index (χ1) is 8.74. The lowest BCUT2D eigenvalue weighted by Gasteiger charge is -2.09. The Hall–Kier alpha value is -0.900. The van der Waals surface area contributed by atoms with Gasteiger partial charge in [-0.3, -0.25) is 0 Å². The quantitative estimate of drug-likeness (QED) is 0.586. The zero-order valence-corrected chi connectivity index (χ0v) is 12.0. The van der Waals surface area contributed by atoms with Crippen molar-refractivity contribution in [3.63, 3.8) is 0 Å². The Morgan fingerprint density at radius 1 is 1.22 bits per heavy atom. The number of rotatable bonds is 4. The molecule has 94 valence electrons. The van der Waals surface area contributed by atoms with E-state index in [-0.39, 0.29) is 5.88 Å². The molecule has 2 nitrogen and oxygen atoms in total. The van der Waals surface area contributed by atoms with Gasteiger partial charge in [0.15, 0.2) is 0 Å². The number of ether oxygens (including phenoxy) is 1. The molecule has 1 heterocycles. The van der Waals surface area contributed by atoms with Gasteiger partial charge in [0.2, 0.25) is 5.88 Å². The topological polar surface area (TPSA) is 22.1 Å². The first-order valence-electron chi connectivity index (χ1n) is 5.27. The van der Waals surface area contributed by atoms with Gasteiger partial charge in [-0.25, -0.2) is 4.98 Å². The summed E-state index contributed by atoms with van der Waals surface area (Å²) in [6, 6.07) is 11.3. The molecule has 1 aromatic carbocycles. The SMILES string of the molecule is CSc1ccccc1Oc1ccc(Cl)c(CCl)n1. The highest BCUT2D eigenvalue weighted by atomic mass is 35.5. The number of para-hydroxylation sites is 1. The van der Waals surface area contributed by atoms with Crippen LogP contribution in [-0.4, -0.2) is 11.2 Å². The third kappa shape index (κ3) is 3.10. The standard InChI is InChI=1S/C13H11Cl2NOS/c1-18-12-5-3-2-4-11(12)17-13-7-6-9(15)10(8-14)16-13/h2-7H,8H2,1H3. The minimum absolute atomic E-state index is 0.264. The van der Waals surface area contributed by atoms with Crippen LogP contribution in [0.2, 0.25) is 5.02 Å². The first kappa shape index (κ1) is 13.5. The summed E-state index contributed by atoms with van der Waals surface area (Å²) in [5.74, 6) is 1.54. The molecular formula is C13H11Cl2NOS. The minimum Gasteiger partial charge on any atom is -0.438 e. The second-order valence-electron chi connectivity index (χ2n) is 3.46. The van der Waals surface area contributed by atoms with Gasteiger partial charge in [0, 0.05) is 11.0 Å². The van der Waals surface area contributed by atoms with E-state index in [0.29, 0.717) is 16.6 Å². The van der Waals surface area contributed by atoms with Crippen LogP contribution in [-0.2, 0) is 5.88 Å². The fraction of sp³-hybridized carbons (Fsp3) is 0.154. The molecule has 0 bridgehead atoms. The lowest BCUT2D eigenvalue weighted by Crippen LogP contribution is -1.93. The molecule has 0 unspecified atom stereocenters. The highest BCUT2D eigenvalue weighted by Crippen LogP contribution is 2.31. The predicted molar refractivity (Wildman–Crippen MR) is 77.1 cm³/mol. The number of alkyl halides is 1. The van der Waals surface area contributed by atoms with E-state index in [0.717, 1.165) is 10.6 Å². The average Bonchev–Trinajstić information content (AvgIpc) is 2.41. The second-order valence-corrected chi connectivity index (χ2v) is 4.99. The van der Waals surface area contributed by atoms with E-state index < -0.39 is 0 Å². The number of pyridine rings is 1. The summed E-state index contributed by atoms with van der Waals surface area (Å²) >= 11 is 13.3. The molecule has 18 heavy (non-hydrogen) atoms. The molecule has 0 aliphatic heterocycles. The van der Waals surface area contributed by atoms with Crippen molar-refractivity contribution in [2.75, 3.05) is 6.26 Å². The van der Waals surface area contributed by atoms with Crippen LogP contribution in [0.1, 0.15) is 5.69 Å². The lowest BCUT2D eigenvalue weighted by molar-refractivity contribution is 0.451. The molecule has 0 saturated heterocycles. The molecular weight excluding hydrogens is 289 g/mol. The Kier molecular flexibility index (Phi) is 4.75. The van der Waals surface area contributed by atoms with E-state index in [4.69, 9.17) is 27.9 Å². The van der Waals surface area contributed by atoms with E-state index in [1.807, 2.05) is 30.5 Å². The lowest BCUT2D eigenvalue weighted by atomic mass is 10.3. The molecule has 0 aliphatic carbocycles. The summed E-state index contributed by atoms with van der Waals surface area (Å²) in [4.78, 5) is 5.32. The zero-order chi connectivity index (χ0) is 13.0. The summed E-state index contributed by atoms with van der Waals surface area (Å²) in [6.45, 7) is 0. The average molecular weight is 300 g/mol. The Bertz CT molecular complexity index is 548. The highest BCUT2D eigenvalue weighted by Gasteiger charge is 2.07. The predicted octanol–water partition coefficient (Wildman–Crippen LogP) is 4.99. The van der Waals surface area contributed by atoms with Gasteiger partial charge in [0.05, 0.1) is 16.6 Å². The number of benzene rings is 1. The molecule has 1 aromatic heterocycles. The number of halogens is 2. The van der Waals surface area contributed by atoms with E-state index in [1.165, 1.54) is 0 Å². The van der Waals surface area contributed by atoms with Crippen molar-refractivity contribution >= 4 is 35.0 Å². The van der Waals surface area contributed by atoms with Crippen molar-refractivity contribution in [2.24, 2.45) is 0 Å². The fourth-order valence-electron chi connectivity index (χ4n) is 1.43. The van der Waals surface area contributed by atoms with Crippen molar-refractivity contribution in [1.82, 2.24) is 4.98 Å². The summed E-state index contributed by atoms with van der Waals surface area (Å²) in [5.41, 5.74) is 0.623. The fourth-order valence-corrected chi connectivity index (χ4v) is 2.40. The molecule has 5 heteroatoms. The van der Waals surface area contributed by atoms with Gasteiger partial charge in [-0.05, 0) is 24.5 Å². The van der Waals surface area contributed by atoms with E-state index in [2.05, 4.69) is 4.98 Å². The molecule has 0 radical (unpaired) electrons. The van der Waals surface area contributed by atoms with Gasteiger partial charge in [-0.2, -0.15) is 0 Å². The van der Waals surface area contributed by atoms with Gasteiger partial charge in [0.25, 0.3) is 0 Å². The molecule has 0 N–H and O–H groups in total. The number of thioether (sulfide) groups is 1. The van der Waals surface area contributed by atoms with E-state index in [9.17, 15) is 0 Å². The Morgan fingerprint density at radius 2 is 2.00 bits per heavy atom. The third-order valence-corrected chi connectivity index (χ3v) is 3.68. The van der Waals surface area contributed by atoms with Crippen LogP contribution in [0.5, 0.6) is 11.6 Å². The number of hydrogen-bond donors (Lipinski definition) is 0. The molecule has 0 amide bonds. The van der Waals surface area contributed by atoms with Crippen LogP contribution in [0.3, 0.4) is 0 Å². The van der Waals surface area contributed by atoms with Gasteiger partial charge in [-0.1, -0.05) is 23.7 Å². The van der Waals surface area contributed by atoms with Gasteiger partial charge in [0.1, 0.15) is 5.75 Å². The molecule has 2 aromatic rings. The van der Waals surface area contributed by atoms with Crippen molar-refractivity contribution in [1.29, 1.82) is 0 Å². The molecule has 0 aliphatic rings. The Morgan fingerprint density at radius 3 is 2.72 bits per heavy atom. The van der Waals surface area contributed by atoms with Crippen molar-refractivity contribution in [3.05, 3.63) is 47.1 Å². The monoisotopic (exact) mass is 299 g/mol. The summed E-state index contributed by atoms with van der Waals surface area (Å²) < 4.78 is 5.75. The van der Waals surface area contributed by atoms with Crippen LogP contribution < -0.4 is 4.74 Å². The smallest absolute Gasteiger partial charge is 0.219 e. The maximum absolute atomic E-state index is 5.95. The van der Waals surface area contributed by atoms with Crippen molar-refractivity contribution < 1.29 is 4.74 Å². The van der Waals surface area contributed by atoms with E-state index in [1.54, 1.807) is 23.9 Å². The zero-order valence-electron chi connectivity index (χ0n) is 9.69. The highest BCUT2D eigenvalue weighted by molar-refractivity contribution is 7.98. The molecule has 0 fully saturated rings. The Balaban J connectivity index is 2.28. The molecule has 0 saturated carbocycles. The summed E-state index contributed by atoms with van der Waals surface area (Å²) in [5, 5.41) is 0.551. The normalized spacial score (nSPS) is 10.4. The third-order valence-electron chi connectivity index (χ3n) is 2.30. The van der Waals surface area contributed by atoms with Crippen molar-refractivity contribution in [2.45, 2.75) is 10.8 Å². The van der Waals surface area contributed by atoms with E-state index >= 15 is 0 Å². The molecule has 2 rings (SSSR count). The van der Waals surface area contributed by atoms with Gasteiger partial charge in [-0.15, -0.1) is 23.4 Å². The maximum atomic E-state index is 5.95. The van der Waals surface area contributed by atoms with Gasteiger partial charge >= 0.3 is 0 Å². The van der Waals surface area contributed by atoms with Crippen LogP contribution in [0.15, 0.2) is 41.3 Å². The Labute approximate surface area is 120 Å². The number of aromatic nitrogens is 1. The molecule has 0 atom stereocenters. The van der Waals surface area contributed by atoms with Crippen LogP contribution in [0.25, 0.3) is 0 Å². The van der Waals surface area contributed by atoms with Crippen LogP contribution >= 0.6 is 35.0 Å². The minimum atomic E-state index is 0.264. The maximum Gasteiger partial charge on any atom is 0.219 e. The largest absolute Gasteiger partial charge is 0.438 e. The second kappa shape index (κ2) is 6.32. The van der Waals surface area contributed by atoms with Gasteiger partial charge < -0.3 is 4.74 Å². The number of nitrogens with zero attached hydrogens (tertiary/aromatic N) is 1. The first-order valence-corrected chi connectivity index (χ1v) is 7.40. The summed E-state index contributed by atoms with van der Waals surface area (Å²) in [7, 11) is 0. The van der Waals surface area contributed by atoms with Crippen molar-refractivity contribution in [3.8, 4) is 11.6 Å². The summed E-state index contributed by atoms with van der Waals surface area (Å²) in [6.07, 6.45) is 2.00.